The summed E-state index contributed by atoms with van der Waals surface area (Å²) in [4.78, 5) is 0. The van der Waals surface area contributed by atoms with Crippen LogP contribution in [0.3, 0.4) is 0 Å². The average Bonchev–Trinajstić information content (AvgIpc) is 2.60. The van der Waals surface area contributed by atoms with Crippen LogP contribution >= 0.6 is 0 Å². The summed E-state index contributed by atoms with van der Waals surface area (Å²) in [5.41, 5.74) is 1.54. The Hall–Kier alpha value is -1.20. The Morgan fingerprint density at radius 3 is 2.33 bits per heavy atom. The third-order valence-corrected chi connectivity index (χ3v) is 3.38. The molecular formula is C14H18O4. The van der Waals surface area contributed by atoms with Gasteiger partial charge in [0.15, 0.2) is 0 Å². The lowest BCUT2D eigenvalue weighted by Gasteiger charge is -2.17. The smallest absolute Gasteiger partial charge is 0.111 e. The van der Waals surface area contributed by atoms with Crippen molar-refractivity contribution in [2.45, 2.75) is 24.9 Å². The number of aliphatic hydroxyl groups excluding tert-OH is 3. The predicted molar refractivity (Wildman–Crippen MR) is 66.7 cm³/mol. The highest BCUT2D eigenvalue weighted by Crippen LogP contribution is 2.33. The molecule has 4 nitrogen and oxygen atoms in total. The second-order valence-electron chi connectivity index (χ2n) is 4.56. The monoisotopic (exact) mass is 250 g/mol. The maximum absolute atomic E-state index is 9.86. The normalized spacial score (nSPS) is 31.8. The minimum atomic E-state index is -1.03. The van der Waals surface area contributed by atoms with E-state index in [2.05, 4.69) is 6.58 Å². The number of benzene rings is 1. The minimum absolute atomic E-state index is 0.234. The van der Waals surface area contributed by atoms with Gasteiger partial charge in [-0.25, -0.2) is 0 Å². The second kappa shape index (κ2) is 5.63. The van der Waals surface area contributed by atoms with E-state index in [9.17, 15) is 10.2 Å². The number of hydrogen-bond donors (Lipinski definition) is 3. The van der Waals surface area contributed by atoms with E-state index in [1.807, 2.05) is 30.3 Å². The average molecular weight is 250 g/mol. The lowest BCUT2D eigenvalue weighted by atomic mass is 10.0. The summed E-state index contributed by atoms with van der Waals surface area (Å²) >= 11 is 0. The molecule has 0 aliphatic heterocycles. The van der Waals surface area contributed by atoms with Crippen LogP contribution in [0.5, 0.6) is 0 Å². The Morgan fingerprint density at radius 2 is 1.78 bits per heavy atom. The third kappa shape index (κ3) is 2.47. The fourth-order valence-electron chi connectivity index (χ4n) is 2.26. The molecule has 1 saturated carbocycles. The lowest BCUT2D eigenvalue weighted by Crippen LogP contribution is -2.32. The molecule has 0 bridgehead atoms. The van der Waals surface area contributed by atoms with Gasteiger partial charge >= 0.3 is 0 Å². The van der Waals surface area contributed by atoms with Crippen LogP contribution in [0.2, 0.25) is 0 Å². The first-order valence-electron chi connectivity index (χ1n) is 5.96. The van der Waals surface area contributed by atoms with E-state index in [0.29, 0.717) is 12.2 Å². The van der Waals surface area contributed by atoms with Gasteiger partial charge in [0.25, 0.3) is 0 Å². The molecule has 0 aromatic heterocycles. The van der Waals surface area contributed by atoms with Crippen molar-refractivity contribution in [2.75, 3.05) is 6.61 Å². The first kappa shape index (κ1) is 13.2. The first-order valence-corrected chi connectivity index (χ1v) is 5.96. The lowest BCUT2D eigenvalue weighted by molar-refractivity contribution is -0.0591. The second-order valence-corrected chi connectivity index (χ2v) is 4.56. The van der Waals surface area contributed by atoms with E-state index in [4.69, 9.17) is 9.84 Å². The van der Waals surface area contributed by atoms with E-state index in [-0.39, 0.29) is 6.61 Å². The Kier molecular flexibility index (Phi) is 4.14. The van der Waals surface area contributed by atoms with Crippen molar-refractivity contribution in [2.24, 2.45) is 5.92 Å². The molecule has 4 heteroatoms. The highest BCUT2D eigenvalue weighted by atomic mass is 16.5. The summed E-state index contributed by atoms with van der Waals surface area (Å²) in [6.45, 7) is 3.90. The van der Waals surface area contributed by atoms with Gasteiger partial charge in [-0.05, 0) is 11.1 Å². The zero-order valence-electron chi connectivity index (χ0n) is 10.1. The number of aliphatic hydroxyl groups is 3. The molecule has 0 heterocycles. The molecule has 18 heavy (non-hydrogen) atoms. The SMILES string of the molecule is C=C1C(OCc2ccccc2)[C@@H](O)[C@@H](O)C1CO. The molecular weight excluding hydrogens is 232 g/mol. The van der Waals surface area contributed by atoms with Crippen molar-refractivity contribution >= 4 is 0 Å². The third-order valence-electron chi connectivity index (χ3n) is 3.38. The Labute approximate surface area is 106 Å². The maximum Gasteiger partial charge on any atom is 0.111 e. The molecule has 0 radical (unpaired) electrons. The standard InChI is InChI=1S/C14H18O4/c1-9-11(7-15)12(16)13(17)14(9)18-8-10-5-3-2-4-6-10/h2-6,11-17H,1,7-8H2/t11?,12-,13-,14?/m0/s1. The molecule has 1 fully saturated rings. The molecule has 1 aliphatic rings. The zero-order chi connectivity index (χ0) is 13.1. The van der Waals surface area contributed by atoms with Crippen LogP contribution in [0, 0.1) is 5.92 Å². The van der Waals surface area contributed by atoms with Gasteiger partial charge in [-0.15, -0.1) is 0 Å². The van der Waals surface area contributed by atoms with E-state index >= 15 is 0 Å². The van der Waals surface area contributed by atoms with Gasteiger partial charge in [-0.1, -0.05) is 36.9 Å². The number of hydrogen-bond acceptors (Lipinski definition) is 4. The van der Waals surface area contributed by atoms with Gasteiger partial charge in [0, 0.05) is 5.92 Å². The van der Waals surface area contributed by atoms with Crippen molar-refractivity contribution in [1.82, 2.24) is 0 Å². The first-order chi connectivity index (χ1) is 8.65. The highest BCUT2D eigenvalue weighted by Gasteiger charge is 2.44. The van der Waals surface area contributed by atoms with Crippen LogP contribution < -0.4 is 0 Å². The van der Waals surface area contributed by atoms with Gasteiger partial charge in [0.1, 0.15) is 12.2 Å². The Balaban J connectivity index is 1.99. The summed E-state index contributed by atoms with van der Waals surface area (Å²) in [6, 6.07) is 9.57. The summed E-state index contributed by atoms with van der Waals surface area (Å²) in [7, 11) is 0. The molecule has 2 unspecified atom stereocenters. The van der Waals surface area contributed by atoms with E-state index in [1.165, 1.54) is 0 Å². The van der Waals surface area contributed by atoms with Crippen LogP contribution in [0.15, 0.2) is 42.5 Å². The van der Waals surface area contributed by atoms with Crippen molar-refractivity contribution < 1.29 is 20.1 Å². The number of rotatable bonds is 4. The zero-order valence-corrected chi connectivity index (χ0v) is 10.1. The quantitative estimate of drug-likeness (QED) is 0.679. The topological polar surface area (TPSA) is 69.9 Å². The minimum Gasteiger partial charge on any atom is -0.396 e. The molecule has 98 valence electrons. The van der Waals surface area contributed by atoms with E-state index in [0.717, 1.165) is 5.56 Å². The molecule has 3 N–H and O–H groups in total. The van der Waals surface area contributed by atoms with Gasteiger partial charge in [-0.3, -0.25) is 0 Å². The van der Waals surface area contributed by atoms with Crippen molar-refractivity contribution in [3.8, 4) is 0 Å². The number of ether oxygens (including phenoxy) is 1. The largest absolute Gasteiger partial charge is 0.396 e. The Bertz CT molecular complexity index is 404. The molecule has 0 spiro atoms. The molecule has 0 amide bonds. The van der Waals surface area contributed by atoms with Gasteiger partial charge in [-0.2, -0.15) is 0 Å². The van der Waals surface area contributed by atoms with Crippen molar-refractivity contribution in [3.63, 3.8) is 0 Å². The van der Waals surface area contributed by atoms with E-state index < -0.39 is 24.2 Å². The molecule has 1 aromatic rings. The molecule has 1 aliphatic carbocycles. The van der Waals surface area contributed by atoms with E-state index in [1.54, 1.807) is 0 Å². The summed E-state index contributed by atoms with van der Waals surface area (Å²) in [5, 5.41) is 28.7. The van der Waals surface area contributed by atoms with Crippen LogP contribution in [0.4, 0.5) is 0 Å². The van der Waals surface area contributed by atoms with Gasteiger partial charge < -0.3 is 20.1 Å². The van der Waals surface area contributed by atoms with Gasteiger partial charge in [0.2, 0.25) is 0 Å². The van der Waals surface area contributed by atoms with Crippen molar-refractivity contribution in [3.05, 3.63) is 48.0 Å². The van der Waals surface area contributed by atoms with Crippen LogP contribution in [-0.2, 0) is 11.3 Å². The molecule has 2 rings (SSSR count). The van der Waals surface area contributed by atoms with Crippen molar-refractivity contribution in [1.29, 1.82) is 0 Å². The van der Waals surface area contributed by atoms with Crippen LogP contribution in [0.25, 0.3) is 0 Å². The highest BCUT2D eigenvalue weighted by molar-refractivity contribution is 5.21. The molecule has 4 atom stereocenters. The fraction of sp³-hybridized carbons (Fsp3) is 0.429. The molecule has 0 saturated heterocycles. The maximum atomic E-state index is 9.86. The Morgan fingerprint density at radius 1 is 1.11 bits per heavy atom. The predicted octanol–water partition coefficient (Wildman–Crippen LogP) is 0.472. The fourth-order valence-corrected chi connectivity index (χ4v) is 2.26. The summed E-state index contributed by atoms with van der Waals surface area (Å²) in [6.07, 6.45) is -2.67. The summed E-state index contributed by atoms with van der Waals surface area (Å²) < 4.78 is 5.60. The summed E-state index contributed by atoms with van der Waals surface area (Å²) in [5.74, 6) is -0.513. The van der Waals surface area contributed by atoms with Crippen LogP contribution in [0.1, 0.15) is 5.56 Å². The van der Waals surface area contributed by atoms with Crippen LogP contribution in [-0.4, -0.2) is 40.2 Å². The molecule has 1 aromatic carbocycles. The van der Waals surface area contributed by atoms with Gasteiger partial charge in [0.05, 0.1) is 19.3 Å².